The zero-order chi connectivity index (χ0) is 37.6. The lowest BCUT2D eigenvalue weighted by Gasteiger charge is -2.35. The van der Waals surface area contributed by atoms with Gasteiger partial charge in [-0.3, -0.25) is 28.9 Å². The number of hydrogen-bond donors (Lipinski definition) is 4. The number of imide groups is 3. The Morgan fingerprint density at radius 1 is 0.980 bits per heavy atom. The van der Waals surface area contributed by atoms with E-state index < -0.39 is 63.9 Å². The van der Waals surface area contributed by atoms with Gasteiger partial charge in [0.15, 0.2) is 0 Å². The summed E-state index contributed by atoms with van der Waals surface area (Å²) in [6.07, 6.45) is 8.34. The van der Waals surface area contributed by atoms with E-state index in [-0.39, 0.29) is 36.9 Å². The predicted octanol–water partition coefficient (Wildman–Crippen LogP) is 1.64. The van der Waals surface area contributed by atoms with Crippen molar-refractivity contribution in [1.82, 2.24) is 15.1 Å². The van der Waals surface area contributed by atoms with Crippen LogP contribution < -0.4 is 16.8 Å². The fourth-order valence-electron chi connectivity index (χ4n) is 6.38. The molecule has 15 heteroatoms. The lowest BCUT2D eigenvalue weighted by Crippen LogP contribution is -2.58. The van der Waals surface area contributed by atoms with Gasteiger partial charge in [-0.1, -0.05) is 38.5 Å². The van der Waals surface area contributed by atoms with Crippen molar-refractivity contribution in [3.63, 3.8) is 0 Å². The number of likely N-dealkylation sites (N-methyl/N-ethyl adjacent to an activating group) is 1. The summed E-state index contributed by atoms with van der Waals surface area (Å²) in [5, 5.41) is 12.3. The van der Waals surface area contributed by atoms with Gasteiger partial charge in [0.25, 0.3) is 17.7 Å². The minimum atomic E-state index is -3.50. The van der Waals surface area contributed by atoms with E-state index in [2.05, 4.69) is 5.32 Å². The first-order valence-electron chi connectivity index (χ1n) is 17.4. The Labute approximate surface area is 296 Å². The summed E-state index contributed by atoms with van der Waals surface area (Å²) in [6, 6.07) is -0.295. The second-order valence-corrected chi connectivity index (χ2v) is 15.9. The zero-order valence-corrected chi connectivity index (χ0v) is 31.1. The van der Waals surface area contributed by atoms with E-state index in [1.54, 1.807) is 33.0 Å². The Morgan fingerprint density at radius 3 is 2.18 bits per heavy atom. The van der Waals surface area contributed by atoms with E-state index in [9.17, 15) is 37.5 Å². The Balaban J connectivity index is 2.30. The number of benzene rings is 1. The van der Waals surface area contributed by atoms with E-state index in [1.807, 2.05) is 4.90 Å². The molecule has 0 bridgehead atoms. The highest BCUT2D eigenvalue weighted by atomic mass is 32.2. The number of sulfone groups is 1. The largest absolute Gasteiger partial charge is 0.508 e. The Bertz CT molecular complexity index is 1420. The molecule has 50 heavy (non-hydrogen) atoms. The summed E-state index contributed by atoms with van der Waals surface area (Å²) in [5.74, 6) is -3.97. The molecule has 0 heterocycles. The summed E-state index contributed by atoms with van der Waals surface area (Å²) in [7, 11) is -0.420. The lowest BCUT2D eigenvalue weighted by molar-refractivity contribution is -0.157. The number of nitrogens with two attached hydrogens (primary N) is 2. The minimum Gasteiger partial charge on any atom is -0.508 e. The number of nitrogens with one attached hydrogen (secondary N) is 1. The molecule has 1 aromatic rings. The molecule has 4 amide bonds. The van der Waals surface area contributed by atoms with Gasteiger partial charge in [-0.25, -0.2) is 13.3 Å². The van der Waals surface area contributed by atoms with Crippen molar-refractivity contribution >= 4 is 39.4 Å². The molecule has 0 saturated heterocycles. The third-order valence-corrected chi connectivity index (χ3v) is 10.4. The highest BCUT2D eigenvalue weighted by molar-refractivity contribution is 7.90. The fourth-order valence-corrected chi connectivity index (χ4v) is 7.07. The van der Waals surface area contributed by atoms with Crippen LogP contribution in [0.15, 0.2) is 12.1 Å². The number of aryl methyl sites for hydroxylation is 2. The number of esters is 1. The summed E-state index contributed by atoms with van der Waals surface area (Å²) < 4.78 is 28.4. The second kappa shape index (κ2) is 20.4. The molecule has 1 aliphatic rings. The van der Waals surface area contributed by atoms with E-state index in [4.69, 9.17) is 16.2 Å². The minimum absolute atomic E-state index is 0.0857. The molecule has 1 unspecified atom stereocenters. The molecule has 1 saturated carbocycles. The lowest BCUT2D eigenvalue weighted by atomic mass is 9.84. The van der Waals surface area contributed by atoms with Crippen molar-refractivity contribution in [3.8, 4) is 5.75 Å². The van der Waals surface area contributed by atoms with E-state index in [0.717, 1.165) is 55.1 Å². The average Bonchev–Trinajstić information content (AvgIpc) is 3.05. The van der Waals surface area contributed by atoms with Crippen molar-refractivity contribution in [1.29, 1.82) is 0 Å². The van der Waals surface area contributed by atoms with Gasteiger partial charge in [0.2, 0.25) is 5.91 Å². The number of aromatic hydroxyl groups is 1. The van der Waals surface area contributed by atoms with Gasteiger partial charge in [-0.05, 0) is 94.3 Å². The molecule has 1 aliphatic carbocycles. The molecule has 1 aromatic carbocycles. The van der Waals surface area contributed by atoms with Crippen molar-refractivity contribution in [3.05, 3.63) is 28.8 Å². The third kappa shape index (κ3) is 14.1. The maximum Gasteiger partial charge on any atom is 0.305 e. The number of ether oxygens (including phenoxy) is 1. The highest BCUT2D eigenvalue weighted by Gasteiger charge is 2.39. The smallest absolute Gasteiger partial charge is 0.305 e. The van der Waals surface area contributed by atoms with Gasteiger partial charge in [-0.15, -0.1) is 0 Å². The van der Waals surface area contributed by atoms with Crippen LogP contribution in [0.4, 0.5) is 0 Å². The molecule has 3 atom stereocenters. The fraction of sp³-hybridized carbons (Fsp3) is 0.686. The van der Waals surface area contributed by atoms with Gasteiger partial charge < -0.3 is 26.6 Å². The van der Waals surface area contributed by atoms with Crippen LogP contribution in [-0.2, 0) is 45.0 Å². The first-order chi connectivity index (χ1) is 23.4. The molecule has 0 radical (unpaired) electrons. The van der Waals surface area contributed by atoms with Gasteiger partial charge >= 0.3 is 5.97 Å². The van der Waals surface area contributed by atoms with E-state index >= 15 is 0 Å². The number of carbonyl (C=O) groups excluding carboxylic acids is 5. The van der Waals surface area contributed by atoms with Crippen LogP contribution in [0.3, 0.4) is 0 Å². The number of hydrogen-bond acceptors (Lipinski definition) is 12. The first-order valence-corrected chi connectivity index (χ1v) is 19.4. The van der Waals surface area contributed by atoms with Crippen LogP contribution in [0.2, 0.25) is 0 Å². The molecule has 0 aliphatic heterocycles. The Morgan fingerprint density at radius 2 is 1.60 bits per heavy atom. The first kappa shape index (κ1) is 42.8. The summed E-state index contributed by atoms with van der Waals surface area (Å²) in [4.78, 5) is 68.6. The van der Waals surface area contributed by atoms with Crippen molar-refractivity contribution in [2.24, 2.45) is 17.4 Å². The average molecular weight is 724 g/mol. The normalized spacial score (nSPS) is 15.6. The monoisotopic (exact) mass is 723 g/mol. The Hall–Kier alpha value is -3.40. The van der Waals surface area contributed by atoms with Gasteiger partial charge in [0.05, 0.1) is 37.5 Å². The molecular formula is C35H57N5O9S. The SMILES string of the molecule is COC(=O)CCCCCN(C)[C@@H](CC1CCCCC1)C(=O)N(C(=O)CNC(=O)[C@H](N)Cc1c(C)cc(O)cc1C)C(=O)C(N)CCS(C)(=O)=O. The number of rotatable bonds is 19. The highest BCUT2D eigenvalue weighted by Crippen LogP contribution is 2.29. The van der Waals surface area contributed by atoms with Crippen LogP contribution >= 0.6 is 0 Å². The number of amides is 4. The topological polar surface area (TPSA) is 220 Å². The number of phenols is 1. The summed E-state index contributed by atoms with van der Waals surface area (Å²) in [5.41, 5.74) is 14.5. The van der Waals surface area contributed by atoms with Crippen molar-refractivity contribution in [2.75, 3.05) is 39.3 Å². The molecule has 1 fully saturated rings. The standard InChI is InChI=1S/C35H57N5O9S/c1-23-18-26(41)19-24(2)27(23)21-29(37)33(44)38-22-31(42)40(34(45)28(36)15-17-50(5,47)48)35(46)30(20-25-12-8-6-9-13-25)39(3)16-11-7-10-14-32(43)49-4/h18-19,25,28-30,41H,6-17,20-22,36-37H2,1-5H3,(H,38,44)/t28?,29-,30+/m1/s1. The maximum absolute atomic E-state index is 14.3. The van der Waals surface area contributed by atoms with E-state index in [1.165, 1.54) is 7.11 Å². The van der Waals surface area contributed by atoms with Gasteiger partial charge in [0.1, 0.15) is 15.6 Å². The van der Waals surface area contributed by atoms with Crippen molar-refractivity contribution < 1.29 is 42.2 Å². The summed E-state index contributed by atoms with van der Waals surface area (Å²) >= 11 is 0. The molecule has 282 valence electrons. The molecule has 0 aromatic heterocycles. The Kier molecular flexibility index (Phi) is 17.5. The number of unbranched alkanes of at least 4 members (excludes halogenated alkanes) is 2. The number of nitrogens with zero attached hydrogens (tertiary/aromatic N) is 2. The third-order valence-electron chi connectivity index (χ3n) is 9.38. The predicted molar refractivity (Wildman–Crippen MR) is 190 cm³/mol. The number of methoxy groups -OCH3 is 1. The molecule has 6 N–H and O–H groups in total. The van der Waals surface area contributed by atoms with Crippen LogP contribution in [0.1, 0.15) is 87.3 Å². The molecule has 2 rings (SSSR count). The quantitative estimate of drug-likeness (QED) is 0.118. The summed E-state index contributed by atoms with van der Waals surface area (Å²) in [6.45, 7) is 3.29. The number of phenolic OH excluding ortho intramolecular Hbond substituents is 1. The number of carbonyl (C=O) groups is 5. The maximum atomic E-state index is 14.3. The van der Waals surface area contributed by atoms with Crippen LogP contribution in [0.25, 0.3) is 0 Å². The molecule has 14 nitrogen and oxygen atoms in total. The molecule has 0 spiro atoms. The van der Waals surface area contributed by atoms with Crippen molar-refractivity contribution in [2.45, 2.75) is 109 Å². The molecular weight excluding hydrogens is 666 g/mol. The van der Waals surface area contributed by atoms with Gasteiger partial charge in [-0.2, -0.15) is 0 Å². The zero-order valence-electron chi connectivity index (χ0n) is 30.2. The van der Waals surface area contributed by atoms with E-state index in [0.29, 0.717) is 37.1 Å². The van der Waals surface area contributed by atoms with Crippen LogP contribution in [0.5, 0.6) is 5.75 Å². The van der Waals surface area contributed by atoms with Crippen LogP contribution in [-0.4, -0.2) is 110 Å². The van der Waals surface area contributed by atoms with Gasteiger partial charge in [0, 0.05) is 12.7 Å². The second-order valence-electron chi connectivity index (χ2n) is 13.6. The van der Waals surface area contributed by atoms with Crippen LogP contribution in [0, 0.1) is 19.8 Å².